The van der Waals surface area contributed by atoms with Crippen molar-refractivity contribution in [2.24, 2.45) is 0 Å². The van der Waals surface area contributed by atoms with Crippen LogP contribution in [-0.4, -0.2) is 96.6 Å². The minimum atomic E-state index is -4.59. The molecule has 3 fully saturated rings. The molecule has 7 rings (SSSR count). The zero-order valence-electron chi connectivity index (χ0n) is 21.9. The molecular formula is C19H22FN12O9PS2. The number of H-pyrrole nitrogens is 1. The summed E-state index contributed by atoms with van der Waals surface area (Å²) in [6.07, 6.45) is -7.79. The van der Waals surface area contributed by atoms with Gasteiger partial charge in [0.15, 0.2) is 41.3 Å². The van der Waals surface area contributed by atoms with E-state index in [1.807, 2.05) is 0 Å². The van der Waals surface area contributed by atoms with Crippen LogP contribution in [0.5, 0.6) is 0 Å². The molecule has 8 atom stereocenters. The molecule has 0 radical (unpaired) electrons. The van der Waals surface area contributed by atoms with Crippen LogP contribution in [0.25, 0.3) is 22.3 Å². The smallest absolute Gasteiger partial charge is 0.382 e. The number of aromatic nitrogens is 9. The number of anilines is 2. The quantitative estimate of drug-likeness (QED) is 0.122. The predicted molar refractivity (Wildman–Crippen MR) is 147 cm³/mol. The third-order valence-electron chi connectivity index (χ3n) is 7.06. The largest absolute Gasteiger partial charge is 0.386 e. The standard InChI is InChI=1S/C19H22FN12O9PS2/c20-9-12-8(39-18(9)31-5-25-10-13(21)23-4-24-14(10)31)2-26-44(35,36)41-7-1-6(3-37-42(34,43)40-12)38-17(7)32-15-11(29-30-32)16(33)28-19(22)27-15/h4-9,12,17-18,26H,1-3H2,(H,34,43)(H2,21,23,24)(H3,22,27,28,33)/t6-,7+,8+,9+,12+,17+,18+,42+/m0/s1. The second-order valence-electron chi connectivity index (χ2n) is 9.91. The fraction of sp³-hybridized carbons (Fsp3) is 0.526. The van der Waals surface area contributed by atoms with Crippen LogP contribution in [-0.2, 0) is 37.6 Å². The molecule has 0 spiro atoms. The van der Waals surface area contributed by atoms with Crippen molar-refractivity contribution in [1.29, 1.82) is 0 Å². The van der Waals surface area contributed by atoms with Gasteiger partial charge in [0.25, 0.3) is 5.56 Å². The average molecular weight is 677 g/mol. The van der Waals surface area contributed by atoms with Gasteiger partial charge in [0, 0.05) is 13.0 Å². The Kier molecular flexibility index (Phi) is 7.09. The number of imidazole rings is 1. The highest BCUT2D eigenvalue weighted by atomic mass is 32.7. The number of hydrogen-bond acceptors (Lipinski definition) is 17. The zero-order valence-corrected chi connectivity index (χ0v) is 24.5. The zero-order chi connectivity index (χ0) is 31.0. The van der Waals surface area contributed by atoms with E-state index >= 15 is 4.39 Å². The molecule has 3 saturated heterocycles. The summed E-state index contributed by atoms with van der Waals surface area (Å²) in [7, 11) is -4.59. The van der Waals surface area contributed by atoms with Gasteiger partial charge >= 0.3 is 17.1 Å². The molecule has 3 aliphatic rings. The number of nitrogens with one attached hydrogen (secondary N) is 2. The number of aromatic amines is 1. The highest BCUT2D eigenvalue weighted by Crippen LogP contribution is 2.57. The van der Waals surface area contributed by atoms with Crippen molar-refractivity contribution in [3.05, 3.63) is 23.0 Å². The highest BCUT2D eigenvalue weighted by molar-refractivity contribution is 8.44. The van der Waals surface area contributed by atoms with Crippen LogP contribution in [0.2, 0.25) is 0 Å². The molecule has 4 aromatic rings. The van der Waals surface area contributed by atoms with Gasteiger partial charge in [-0.05, 0) is 0 Å². The number of fused-ring (bicyclic) bond motifs is 5. The molecular weight excluding hydrogens is 654 g/mol. The van der Waals surface area contributed by atoms with Gasteiger partial charge in [-0.25, -0.2) is 28.1 Å². The second-order valence-corrected chi connectivity index (χ2v) is 14.2. The van der Waals surface area contributed by atoms with Crippen LogP contribution in [0.3, 0.4) is 0 Å². The summed E-state index contributed by atoms with van der Waals surface area (Å²) in [4.78, 5) is 30.5. The number of nitrogen functional groups attached to an aromatic ring is 2. The van der Waals surface area contributed by atoms with E-state index in [9.17, 15) is 17.8 Å². The third kappa shape index (κ3) is 5.20. The first-order valence-corrected chi connectivity index (χ1v) is 16.8. The van der Waals surface area contributed by atoms with Crippen molar-refractivity contribution in [3.63, 3.8) is 0 Å². The Labute approximate surface area is 249 Å². The number of thiol groups is 1. The maximum atomic E-state index is 15.9. The number of nitrogens with two attached hydrogens (primary N) is 2. The van der Waals surface area contributed by atoms with Crippen molar-refractivity contribution in [2.45, 2.75) is 49.5 Å². The van der Waals surface area contributed by atoms with Gasteiger partial charge in [0.05, 0.1) is 19.0 Å². The number of hydrogen-bond donors (Lipinski definition) is 5. The van der Waals surface area contributed by atoms with Gasteiger partial charge in [-0.1, -0.05) is 17.5 Å². The monoisotopic (exact) mass is 676 g/mol. The molecule has 25 heteroatoms. The van der Waals surface area contributed by atoms with E-state index < -0.39 is 78.9 Å². The van der Waals surface area contributed by atoms with Crippen LogP contribution in [0.4, 0.5) is 16.2 Å². The van der Waals surface area contributed by atoms with E-state index in [2.05, 4.69) is 52.2 Å². The number of rotatable bonds is 2. The van der Waals surface area contributed by atoms with E-state index in [0.717, 1.165) is 11.0 Å². The third-order valence-corrected chi connectivity index (χ3v) is 9.69. The van der Waals surface area contributed by atoms with Gasteiger partial charge < -0.3 is 20.9 Å². The van der Waals surface area contributed by atoms with Crippen LogP contribution in [0.15, 0.2) is 17.4 Å². The normalized spacial score (nSPS) is 34.4. The van der Waals surface area contributed by atoms with E-state index in [-0.39, 0.29) is 40.5 Å². The van der Waals surface area contributed by atoms with Crippen LogP contribution < -0.4 is 21.7 Å². The first kappa shape index (κ1) is 29.4. The lowest BCUT2D eigenvalue weighted by Crippen LogP contribution is -2.41. The molecule has 21 nitrogen and oxygen atoms in total. The Hall–Kier alpha value is -3.35. The SMILES string of the molecule is Nc1nc2c(nnn2[C@@H]2O[C@@H]3CO[P@@](=O)(S)O[C@H]4[C@@H](F)[C@H](n5cnc6c(N)ncnc65)O[C@@H]4CNS(=O)(=O)O[C@@H]2C3)c(=O)[nH]1. The minimum Gasteiger partial charge on any atom is -0.382 e. The summed E-state index contributed by atoms with van der Waals surface area (Å²) in [6.45, 7) is -5.36. The molecule has 0 aromatic carbocycles. The maximum absolute atomic E-state index is 15.9. The lowest BCUT2D eigenvalue weighted by Gasteiger charge is -2.24. The fourth-order valence-corrected chi connectivity index (χ4v) is 7.60. The Balaban J connectivity index is 1.19. The number of nitrogens with zero attached hydrogens (tertiary/aromatic N) is 8. The summed E-state index contributed by atoms with van der Waals surface area (Å²) < 4.78 is 87.9. The first-order valence-electron chi connectivity index (χ1n) is 12.7. The molecule has 4 aromatic heterocycles. The molecule has 0 saturated carbocycles. The lowest BCUT2D eigenvalue weighted by atomic mass is 10.1. The summed E-state index contributed by atoms with van der Waals surface area (Å²) in [5.74, 6) is -0.208. The van der Waals surface area contributed by atoms with E-state index in [4.69, 9.17) is 34.2 Å². The van der Waals surface area contributed by atoms with Crippen molar-refractivity contribution in [3.8, 4) is 0 Å². The maximum Gasteiger partial charge on any atom is 0.386 e. The summed E-state index contributed by atoms with van der Waals surface area (Å²) in [5, 5.41) is 7.64. The lowest BCUT2D eigenvalue weighted by molar-refractivity contribution is -0.0504. The summed E-state index contributed by atoms with van der Waals surface area (Å²) in [5.41, 5.74) is 10.8. The van der Waals surface area contributed by atoms with Crippen LogP contribution >= 0.6 is 19.0 Å². The molecule has 236 valence electrons. The van der Waals surface area contributed by atoms with Crippen molar-refractivity contribution in [1.82, 2.24) is 49.2 Å². The molecule has 3 aliphatic heterocycles. The summed E-state index contributed by atoms with van der Waals surface area (Å²) >= 11 is 4.00. The predicted octanol–water partition coefficient (Wildman–Crippen LogP) is -1.29. The fourth-order valence-electron chi connectivity index (χ4n) is 5.16. The van der Waals surface area contributed by atoms with Gasteiger partial charge in [-0.15, -0.1) is 5.10 Å². The molecule has 0 amide bonds. The summed E-state index contributed by atoms with van der Waals surface area (Å²) in [6, 6.07) is 0. The van der Waals surface area contributed by atoms with Crippen LogP contribution in [0.1, 0.15) is 18.9 Å². The molecule has 0 unspecified atom stereocenters. The minimum absolute atomic E-state index is 0.0409. The van der Waals surface area contributed by atoms with Crippen LogP contribution in [0, 0.1) is 0 Å². The number of alkyl halides is 1. The Morgan fingerprint density at radius 2 is 1.93 bits per heavy atom. The van der Waals surface area contributed by atoms with Gasteiger partial charge in [0.1, 0.15) is 30.2 Å². The van der Waals surface area contributed by atoms with E-state index in [1.165, 1.54) is 10.9 Å². The molecule has 44 heavy (non-hydrogen) atoms. The van der Waals surface area contributed by atoms with Gasteiger partial charge in [0.2, 0.25) is 5.95 Å². The molecule has 7 heterocycles. The van der Waals surface area contributed by atoms with Gasteiger partial charge in [-0.3, -0.25) is 23.4 Å². The van der Waals surface area contributed by atoms with Crippen molar-refractivity contribution >= 4 is 63.4 Å². The van der Waals surface area contributed by atoms with Crippen molar-refractivity contribution < 1.29 is 40.1 Å². The Morgan fingerprint density at radius 1 is 1.11 bits per heavy atom. The van der Waals surface area contributed by atoms with E-state index in [0.29, 0.717) is 0 Å². The number of halogens is 1. The topological polar surface area (TPSA) is 281 Å². The molecule has 6 N–H and O–H groups in total. The van der Waals surface area contributed by atoms with Gasteiger partial charge in [-0.2, -0.15) is 22.8 Å². The number of ether oxygens (including phenoxy) is 2. The van der Waals surface area contributed by atoms with Crippen molar-refractivity contribution in [2.75, 3.05) is 24.6 Å². The second kappa shape index (κ2) is 10.6. The first-order chi connectivity index (χ1) is 20.9. The van der Waals surface area contributed by atoms with E-state index in [1.54, 1.807) is 0 Å². The highest BCUT2D eigenvalue weighted by Gasteiger charge is 2.51. The average Bonchev–Trinajstić information content (AvgIpc) is 3.72. The molecule has 2 bridgehead atoms. The molecule has 0 aliphatic carbocycles. The Morgan fingerprint density at radius 3 is 2.75 bits per heavy atom. The Bertz CT molecular complexity index is 1980.